The van der Waals surface area contributed by atoms with Crippen LogP contribution in [0.4, 0.5) is 0 Å². The average Bonchev–Trinajstić information content (AvgIpc) is 3.36. The summed E-state index contributed by atoms with van der Waals surface area (Å²) in [4.78, 5) is 16.8. The van der Waals surface area contributed by atoms with Gasteiger partial charge in [-0.1, -0.05) is 112 Å². The number of pyridine rings is 1. The minimum absolute atomic E-state index is 0.00620. The highest BCUT2D eigenvalue weighted by Gasteiger charge is 2.51. The average molecular weight is 627 g/mol. The molecule has 2 heterocycles. The number of carboxylic acid groups (broad SMARTS) is 1. The maximum Gasteiger partial charge on any atom is 0.354 e. The molecule has 0 fully saturated rings. The van der Waals surface area contributed by atoms with Crippen molar-refractivity contribution in [1.82, 2.24) is 9.29 Å². The van der Waals surface area contributed by atoms with E-state index in [1.54, 1.807) is 6.07 Å². The number of nitrogens with zero attached hydrogens (tertiary/aromatic N) is 2. The molecule has 1 aliphatic heterocycles. The minimum Gasteiger partial charge on any atom is -0.597 e. The Morgan fingerprint density at radius 2 is 1.45 bits per heavy atom. The number of aromatic nitrogens is 1. The van der Waals surface area contributed by atoms with E-state index < -0.39 is 30.4 Å². The van der Waals surface area contributed by atoms with Gasteiger partial charge in [0, 0.05) is 29.1 Å². The quantitative estimate of drug-likeness (QED) is 0.164. The summed E-state index contributed by atoms with van der Waals surface area (Å²) in [5, 5.41) is 12.2. The summed E-state index contributed by atoms with van der Waals surface area (Å²) >= 11 is -1.35. The van der Waals surface area contributed by atoms with Crippen LogP contribution in [0.1, 0.15) is 75.6 Å². The topological polar surface area (TPSA) is 85.7 Å². The molecule has 44 heavy (non-hydrogen) atoms. The van der Waals surface area contributed by atoms with E-state index in [1.165, 1.54) is 10.4 Å². The predicted octanol–water partition coefficient (Wildman–Crippen LogP) is 6.73. The fourth-order valence-electron chi connectivity index (χ4n) is 6.36. The molecule has 0 saturated carbocycles. The van der Waals surface area contributed by atoms with Gasteiger partial charge in [-0.25, -0.2) is 9.78 Å². The van der Waals surface area contributed by atoms with Gasteiger partial charge in [-0.3, -0.25) is 0 Å². The van der Waals surface area contributed by atoms with Crippen LogP contribution in [0.15, 0.2) is 97.1 Å². The van der Waals surface area contributed by atoms with Gasteiger partial charge < -0.3 is 14.1 Å². The zero-order chi connectivity index (χ0) is 31.7. The van der Waals surface area contributed by atoms with E-state index >= 15 is 0 Å². The van der Waals surface area contributed by atoms with Crippen LogP contribution in [0.3, 0.4) is 0 Å². The normalized spacial score (nSPS) is 16.5. The van der Waals surface area contributed by atoms with Crippen molar-refractivity contribution in [1.29, 1.82) is 0 Å². The minimum atomic E-state index is -2.79. The number of rotatable bonds is 9. The van der Waals surface area contributed by atoms with E-state index in [1.807, 2.05) is 67.5 Å². The van der Waals surface area contributed by atoms with Gasteiger partial charge in [0.2, 0.25) is 0 Å². The van der Waals surface area contributed by atoms with Gasteiger partial charge in [-0.2, -0.15) is 0 Å². The van der Waals surface area contributed by atoms with Crippen molar-refractivity contribution in [3.8, 4) is 11.3 Å². The van der Waals surface area contributed by atoms with Crippen LogP contribution in [0.5, 0.6) is 0 Å². The lowest BCUT2D eigenvalue weighted by molar-refractivity contribution is 0.0690. The smallest absolute Gasteiger partial charge is 0.354 e. The maximum absolute atomic E-state index is 14.0. The van der Waals surface area contributed by atoms with E-state index in [2.05, 4.69) is 74.3 Å². The summed E-state index contributed by atoms with van der Waals surface area (Å²) in [5.41, 5.74) is 3.25. The number of carboxylic acids is 1. The lowest BCUT2D eigenvalue weighted by atomic mass is 9.96. The third kappa shape index (κ3) is 6.14. The highest BCUT2D eigenvalue weighted by molar-refractivity contribution is 7.90. The van der Waals surface area contributed by atoms with Gasteiger partial charge in [-0.05, 0) is 54.2 Å². The Morgan fingerprint density at radius 1 is 0.932 bits per heavy atom. The molecule has 2 atom stereocenters. The molecule has 3 aromatic carbocycles. The lowest BCUT2D eigenvalue weighted by Crippen LogP contribution is -2.66. The Kier molecular flexibility index (Phi) is 9.21. The number of carbonyl (C=O) groups is 1. The summed E-state index contributed by atoms with van der Waals surface area (Å²) in [6, 6.07) is 32.2. The first kappa shape index (κ1) is 32.1. The summed E-state index contributed by atoms with van der Waals surface area (Å²) in [6.07, 6.45) is 0.577. The number of aromatic carboxylic acids is 1. The third-order valence-corrected chi connectivity index (χ3v) is 15.2. The molecule has 0 saturated heterocycles. The van der Waals surface area contributed by atoms with E-state index in [9.17, 15) is 14.5 Å². The molecule has 0 bridgehead atoms. The zero-order valence-electron chi connectivity index (χ0n) is 26.4. The number of hydrogen-bond acceptors (Lipinski definition) is 5. The maximum atomic E-state index is 14.0. The summed E-state index contributed by atoms with van der Waals surface area (Å²) in [5.74, 6) is -1.08. The molecular weight excluding hydrogens is 585 g/mol. The fourth-order valence-corrected chi connectivity index (χ4v) is 12.3. The molecule has 1 aromatic heterocycles. The zero-order valence-corrected chi connectivity index (χ0v) is 28.2. The third-order valence-electron chi connectivity index (χ3n) is 8.28. The van der Waals surface area contributed by atoms with E-state index in [-0.39, 0.29) is 16.8 Å². The monoisotopic (exact) mass is 626 g/mol. The Balaban J connectivity index is 1.60. The van der Waals surface area contributed by atoms with Crippen molar-refractivity contribution in [2.75, 3.05) is 6.61 Å². The molecule has 2 unspecified atom stereocenters. The Labute approximate surface area is 265 Å². The molecule has 1 N–H and O–H groups in total. The van der Waals surface area contributed by atoms with Crippen LogP contribution < -0.4 is 10.4 Å². The van der Waals surface area contributed by atoms with Crippen molar-refractivity contribution in [2.45, 2.75) is 70.3 Å². The number of benzene rings is 3. The molecular formula is C36H42N2O4SSi. The number of hydrogen-bond donors (Lipinski definition) is 1. The highest BCUT2D eigenvalue weighted by Crippen LogP contribution is 2.46. The molecule has 230 valence electrons. The fraction of sp³-hybridized carbons (Fsp3) is 0.333. The van der Waals surface area contributed by atoms with E-state index in [4.69, 9.17) is 4.43 Å². The molecule has 8 heteroatoms. The second kappa shape index (κ2) is 12.6. The summed E-state index contributed by atoms with van der Waals surface area (Å²) < 4.78 is 22.8. The molecule has 0 amide bonds. The van der Waals surface area contributed by atoms with Crippen molar-refractivity contribution in [3.63, 3.8) is 0 Å². The van der Waals surface area contributed by atoms with Gasteiger partial charge in [0.25, 0.3) is 8.32 Å². The van der Waals surface area contributed by atoms with Crippen molar-refractivity contribution in [2.24, 2.45) is 0 Å². The van der Waals surface area contributed by atoms with Crippen LogP contribution in [0.25, 0.3) is 11.3 Å². The SMILES string of the molecule is CC(C)(C)[S+]([O-])N1Cc2cc(C(=O)O)nc(-c3ccccc3)c2C1CCO[Si](c1ccccc1)(c1ccccc1)C(C)(C)C. The molecule has 1 aliphatic rings. The van der Waals surface area contributed by atoms with E-state index in [0.717, 1.165) is 16.7 Å². The van der Waals surface area contributed by atoms with Gasteiger partial charge in [0.15, 0.2) is 0 Å². The molecule has 6 nitrogen and oxygen atoms in total. The van der Waals surface area contributed by atoms with Crippen LogP contribution >= 0.6 is 0 Å². The summed E-state index contributed by atoms with van der Waals surface area (Å²) in [6.45, 7) is 13.5. The number of fused-ring (bicyclic) bond motifs is 1. The first-order valence-corrected chi connectivity index (χ1v) is 18.1. The molecule has 0 aliphatic carbocycles. The molecule has 0 radical (unpaired) electrons. The molecule has 4 aromatic rings. The van der Waals surface area contributed by atoms with Crippen LogP contribution in [-0.4, -0.2) is 44.6 Å². The van der Waals surface area contributed by atoms with Crippen LogP contribution in [0.2, 0.25) is 5.04 Å². The van der Waals surface area contributed by atoms with Crippen molar-refractivity contribution in [3.05, 3.63) is 114 Å². The van der Waals surface area contributed by atoms with Gasteiger partial charge in [-0.15, -0.1) is 4.31 Å². The standard InChI is InChI=1S/C36H42N2O4SSi/c1-35(2,3)43(41)38-25-27-24-30(34(39)40)37-33(26-16-10-7-11-17-26)32(27)31(38)22-23-42-44(36(4,5)6,28-18-12-8-13-19-28)29-20-14-9-15-21-29/h7-21,24,31H,22-23,25H2,1-6H3,(H,39,40). The van der Waals surface area contributed by atoms with Crippen LogP contribution in [0, 0.1) is 0 Å². The van der Waals surface area contributed by atoms with Crippen LogP contribution in [-0.2, 0) is 22.3 Å². The van der Waals surface area contributed by atoms with Crippen molar-refractivity contribution < 1.29 is 18.9 Å². The van der Waals surface area contributed by atoms with E-state index in [0.29, 0.717) is 25.3 Å². The lowest BCUT2D eigenvalue weighted by Gasteiger charge is -2.43. The Bertz CT molecular complexity index is 1550. The van der Waals surface area contributed by atoms with Crippen molar-refractivity contribution >= 4 is 36.0 Å². The largest absolute Gasteiger partial charge is 0.597 e. The Morgan fingerprint density at radius 3 is 1.93 bits per heavy atom. The second-order valence-electron chi connectivity index (χ2n) is 13.4. The molecule has 0 spiro atoms. The first-order chi connectivity index (χ1) is 20.8. The second-order valence-corrected chi connectivity index (χ2v) is 19.9. The van der Waals surface area contributed by atoms with Gasteiger partial charge in [0.1, 0.15) is 10.4 Å². The van der Waals surface area contributed by atoms with Gasteiger partial charge >= 0.3 is 5.97 Å². The highest BCUT2D eigenvalue weighted by atomic mass is 32.2. The predicted molar refractivity (Wildman–Crippen MR) is 181 cm³/mol. The first-order valence-electron chi connectivity index (χ1n) is 15.1. The summed E-state index contributed by atoms with van der Waals surface area (Å²) in [7, 11) is -2.79. The van der Waals surface area contributed by atoms with Gasteiger partial charge in [0.05, 0.1) is 18.3 Å². The molecule has 5 rings (SSSR count). The Hall–Kier alpha value is -3.27.